The maximum absolute atomic E-state index is 13.2. The van der Waals surface area contributed by atoms with Gasteiger partial charge in [0.2, 0.25) is 16.3 Å². The number of benzene rings is 1. The molecule has 1 N–H and O–H groups in total. The van der Waals surface area contributed by atoms with E-state index in [9.17, 15) is 21.6 Å². The van der Waals surface area contributed by atoms with E-state index in [1.807, 2.05) is 0 Å². The standard InChI is InChI=1S/C9H9F3N2O2S/c10-8(11)9(12)14-5-13-6-3-1-2-4-7(6)17(14,15)16/h1-4,8-9,13H,5H2. The Bertz CT molecular complexity index is 521. The highest BCUT2D eigenvalue weighted by atomic mass is 32.2. The van der Waals surface area contributed by atoms with Crippen LogP contribution in [0.1, 0.15) is 0 Å². The third kappa shape index (κ3) is 1.98. The van der Waals surface area contributed by atoms with Gasteiger partial charge in [0.05, 0.1) is 12.4 Å². The van der Waals surface area contributed by atoms with Gasteiger partial charge in [-0.3, -0.25) is 0 Å². The van der Waals surface area contributed by atoms with Gasteiger partial charge in [0, 0.05) is 0 Å². The van der Waals surface area contributed by atoms with Crippen LogP contribution in [-0.4, -0.2) is 32.1 Å². The summed E-state index contributed by atoms with van der Waals surface area (Å²) in [6.45, 7) is -0.509. The number of nitrogens with one attached hydrogen (secondary N) is 1. The third-order valence-corrected chi connectivity index (χ3v) is 4.24. The predicted molar refractivity (Wildman–Crippen MR) is 54.9 cm³/mol. The summed E-state index contributed by atoms with van der Waals surface area (Å²) in [5.41, 5.74) is 0.283. The summed E-state index contributed by atoms with van der Waals surface area (Å²) < 4.78 is 61.4. The Labute approximate surface area is 96.1 Å². The smallest absolute Gasteiger partial charge is 0.283 e. The molecule has 0 saturated heterocycles. The van der Waals surface area contributed by atoms with Crippen molar-refractivity contribution >= 4 is 15.7 Å². The fourth-order valence-electron chi connectivity index (χ4n) is 1.56. The lowest BCUT2D eigenvalue weighted by molar-refractivity contribution is -0.00975. The van der Waals surface area contributed by atoms with Gasteiger partial charge in [0.25, 0.3) is 6.43 Å². The van der Waals surface area contributed by atoms with Crippen molar-refractivity contribution in [3.05, 3.63) is 24.3 Å². The molecule has 0 aromatic heterocycles. The average molecular weight is 266 g/mol. The highest BCUT2D eigenvalue weighted by molar-refractivity contribution is 7.89. The molecule has 17 heavy (non-hydrogen) atoms. The molecule has 1 unspecified atom stereocenters. The molecule has 0 radical (unpaired) electrons. The molecule has 1 aliphatic heterocycles. The number of fused-ring (bicyclic) bond motifs is 1. The lowest BCUT2D eigenvalue weighted by Gasteiger charge is -2.30. The van der Waals surface area contributed by atoms with E-state index in [2.05, 4.69) is 5.32 Å². The predicted octanol–water partition coefficient (Wildman–Crippen LogP) is 1.62. The number of para-hydroxylation sites is 1. The van der Waals surface area contributed by atoms with Gasteiger partial charge < -0.3 is 5.32 Å². The molecule has 94 valence electrons. The topological polar surface area (TPSA) is 49.4 Å². The number of hydrogen-bond acceptors (Lipinski definition) is 3. The van der Waals surface area contributed by atoms with Gasteiger partial charge in [-0.25, -0.2) is 21.6 Å². The summed E-state index contributed by atoms with van der Waals surface area (Å²) in [6, 6.07) is 5.76. The van der Waals surface area contributed by atoms with Crippen LogP contribution in [0.5, 0.6) is 0 Å². The van der Waals surface area contributed by atoms with Gasteiger partial charge in [0.1, 0.15) is 4.90 Å². The molecule has 8 heteroatoms. The molecule has 0 aliphatic carbocycles. The SMILES string of the molecule is O=S1(=O)c2ccccc2NCN1C(F)C(F)F. The van der Waals surface area contributed by atoms with Crippen LogP contribution in [0.15, 0.2) is 29.2 Å². The second-order valence-electron chi connectivity index (χ2n) is 3.43. The summed E-state index contributed by atoms with van der Waals surface area (Å²) in [5.74, 6) is 0. The largest absolute Gasteiger partial charge is 0.370 e. The molecule has 2 rings (SSSR count). The van der Waals surface area contributed by atoms with Gasteiger partial charge >= 0.3 is 0 Å². The molecular formula is C9H9F3N2O2S. The molecule has 1 aromatic carbocycles. The van der Waals surface area contributed by atoms with Crippen molar-refractivity contribution in [2.45, 2.75) is 17.6 Å². The summed E-state index contributed by atoms with van der Waals surface area (Å²) in [4.78, 5) is -0.199. The number of halogens is 3. The molecular weight excluding hydrogens is 257 g/mol. The first-order chi connectivity index (χ1) is 7.94. The second-order valence-corrected chi connectivity index (χ2v) is 5.29. The first-order valence-corrected chi connectivity index (χ1v) is 6.15. The van der Waals surface area contributed by atoms with E-state index in [1.165, 1.54) is 18.2 Å². The molecule has 1 aliphatic rings. The van der Waals surface area contributed by atoms with Gasteiger partial charge in [-0.2, -0.15) is 0 Å². The summed E-state index contributed by atoms with van der Waals surface area (Å²) in [5, 5.41) is 2.58. The van der Waals surface area contributed by atoms with Crippen molar-refractivity contribution in [2.75, 3.05) is 12.0 Å². The Hall–Kier alpha value is -1.28. The molecule has 0 bridgehead atoms. The Kier molecular flexibility index (Phi) is 3.00. The van der Waals surface area contributed by atoms with Gasteiger partial charge in [-0.1, -0.05) is 12.1 Å². The zero-order valence-corrected chi connectivity index (χ0v) is 9.29. The van der Waals surface area contributed by atoms with Crippen molar-refractivity contribution in [1.29, 1.82) is 0 Å². The summed E-state index contributed by atoms with van der Waals surface area (Å²) >= 11 is 0. The second kappa shape index (κ2) is 4.19. The highest BCUT2D eigenvalue weighted by Gasteiger charge is 2.40. The van der Waals surface area contributed by atoms with Crippen LogP contribution in [0, 0.1) is 0 Å². The lowest BCUT2D eigenvalue weighted by atomic mass is 10.3. The van der Waals surface area contributed by atoms with E-state index in [0.717, 1.165) is 0 Å². The van der Waals surface area contributed by atoms with E-state index in [0.29, 0.717) is 0 Å². The van der Waals surface area contributed by atoms with Gasteiger partial charge in [-0.05, 0) is 12.1 Å². The molecule has 0 spiro atoms. The van der Waals surface area contributed by atoms with Crippen LogP contribution in [0.3, 0.4) is 0 Å². The minimum Gasteiger partial charge on any atom is -0.370 e. The molecule has 1 aromatic rings. The zero-order valence-electron chi connectivity index (χ0n) is 8.48. The molecule has 4 nitrogen and oxygen atoms in total. The van der Waals surface area contributed by atoms with Crippen molar-refractivity contribution in [2.24, 2.45) is 0 Å². The molecule has 0 amide bonds. The number of alkyl halides is 3. The van der Waals surface area contributed by atoms with E-state index in [1.54, 1.807) is 6.07 Å². The zero-order chi connectivity index (χ0) is 12.6. The van der Waals surface area contributed by atoms with E-state index < -0.39 is 29.4 Å². The average Bonchev–Trinajstić information content (AvgIpc) is 2.28. The van der Waals surface area contributed by atoms with Crippen LogP contribution < -0.4 is 5.32 Å². The van der Waals surface area contributed by atoms with E-state index in [-0.39, 0.29) is 14.9 Å². The number of hydrogen-bond donors (Lipinski definition) is 1. The molecule has 0 fully saturated rings. The first kappa shape index (κ1) is 12.2. The summed E-state index contributed by atoms with van der Waals surface area (Å²) in [6.07, 6.45) is -6.22. The van der Waals surface area contributed by atoms with Crippen LogP contribution in [-0.2, 0) is 10.0 Å². The van der Waals surface area contributed by atoms with E-state index in [4.69, 9.17) is 0 Å². The third-order valence-electron chi connectivity index (χ3n) is 2.38. The van der Waals surface area contributed by atoms with Crippen LogP contribution in [0.25, 0.3) is 0 Å². The fourth-order valence-corrected chi connectivity index (χ4v) is 3.07. The lowest BCUT2D eigenvalue weighted by Crippen LogP contribution is -2.47. The Morgan fingerprint density at radius 2 is 1.88 bits per heavy atom. The maximum Gasteiger partial charge on any atom is 0.283 e. The number of rotatable bonds is 2. The minimum atomic E-state index is -4.21. The Morgan fingerprint density at radius 1 is 1.24 bits per heavy atom. The van der Waals surface area contributed by atoms with E-state index >= 15 is 0 Å². The monoisotopic (exact) mass is 266 g/mol. The number of nitrogens with zero attached hydrogens (tertiary/aromatic N) is 1. The number of anilines is 1. The Balaban J connectivity index is 2.45. The fraction of sp³-hybridized carbons (Fsp3) is 0.333. The van der Waals surface area contributed by atoms with Crippen LogP contribution in [0.4, 0.5) is 18.9 Å². The van der Waals surface area contributed by atoms with Crippen molar-refractivity contribution in [3.8, 4) is 0 Å². The van der Waals surface area contributed by atoms with Crippen molar-refractivity contribution in [3.63, 3.8) is 0 Å². The quantitative estimate of drug-likeness (QED) is 0.827. The van der Waals surface area contributed by atoms with Gasteiger partial charge in [0.15, 0.2) is 0 Å². The first-order valence-electron chi connectivity index (χ1n) is 4.71. The Morgan fingerprint density at radius 3 is 2.53 bits per heavy atom. The number of sulfonamides is 1. The van der Waals surface area contributed by atoms with Crippen molar-refractivity contribution < 1.29 is 21.6 Å². The normalized spacial score (nSPS) is 20.7. The molecule has 1 atom stereocenters. The van der Waals surface area contributed by atoms with Crippen LogP contribution >= 0.6 is 0 Å². The maximum atomic E-state index is 13.2. The van der Waals surface area contributed by atoms with Crippen LogP contribution in [0.2, 0.25) is 0 Å². The summed E-state index contributed by atoms with van der Waals surface area (Å²) in [7, 11) is -4.21. The highest BCUT2D eigenvalue weighted by Crippen LogP contribution is 2.31. The molecule has 0 saturated carbocycles. The van der Waals surface area contributed by atoms with Gasteiger partial charge in [-0.15, -0.1) is 4.31 Å². The van der Waals surface area contributed by atoms with Crippen molar-refractivity contribution in [1.82, 2.24) is 4.31 Å². The molecule has 1 heterocycles. The minimum absolute atomic E-state index is 0.111.